The zero-order valence-corrected chi connectivity index (χ0v) is 13.3. The van der Waals surface area contributed by atoms with Gasteiger partial charge in [0.05, 0.1) is 12.5 Å². The lowest BCUT2D eigenvalue weighted by Gasteiger charge is -2.27. The monoisotopic (exact) mass is 290 g/mol. The van der Waals surface area contributed by atoms with E-state index in [0.29, 0.717) is 13.2 Å². The minimum atomic E-state index is 0.130. The van der Waals surface area contributed by atoms with E-state index < -0.39 is 0 Å². The van der Waals surface area contributed by atoms with Crippen LogP contribution in [0, 0.1) is 19.8 Å². The van der Waals surface area contributed by atoms with Crippen molar-refractivity contribution >= 4 is 5.91 Å². The first-order valence-corrected chi connectivity index (χ1v) is 7.73. The third-order valence-corrected chi connectivity index (χ3v) is 3.91. The van der Waals surface area contributed by atoms with Gasteiger partial charge in [-0.25, -0.2) is 0 Å². The molecular formula is C17H26N2O2. The Bertz CT molecular complexity index is 461. The van der Waals surface area contributed by atoms with E-state index in [9.17, 15) is 4.79 Å². The summed E-state index contributed by atoms with van der Waals surface area (Å²) in [6, 6.07) is 6.18. The third kappa shape index (κ3) is 4.74. The first-order chi connectivity index (χ1) is 10.1. The predicted molar refractivity (Wildman–Crippen MR) is 84.6 cm³/mol. The fourth-order valence-corrected chi connectivity index (χ4v) is 2.80. The summed E-state index contributed by atoms with van der Waals surface area (Å²) in [6.07, 6.45) is 2.08. The molecule has 1 N–H and O–H groups in total. The molecule has 0 unspecified atom stereocenters. The Balaban J connectivity index is 1.78. The Hall–Kier alpha value is -1.55. The number of ether oxygens (including phenoxy) is 1. The molecule has 1 aliphatic heterocycles. The Morgan fingerprint density at radius 1 is 1.33 bits per heavy atom. The molecule has 4 nitrogen and oxygen atoms in total. The molecule has 1 fully saturated rings. The topological polar surface area (TPSA) is 41.6 Å². The number of nitrogens with one attached hydrogen (secondary N) is 1. The zero-order chi connectivity index (χ0) is 15.2. The molecule has 0 saturated carbocycles. The lowest BCUT2D eigenvalue weighted by Crippen LogP contribution is -2.42. The van der Waals surface area contributed by atoms with Crippen LogP contribution in [0.3, 0.4) is 0 Å². The van der Waals surface area contributed by atoms with Gasteiger partial charge in [-0.2, -0.15) is 0 Å². The highest BCUT2D eigenvalue weighted by atomic mass is 16.5. The number of piperidine rings is 1. The molecule has 21 heavy (non-hydrogen) atoms. The van der Waals surface area contributed by atoms with Crippen molar-refractivity contribution in [1.82, 2.24) is 10.2 Å². The molecule has 1 aromatic carbocycles. The molecule has 1 amide bonds. The number of likely N-dealkylation sites (N-methyl/N-ethyl adjacent to an activating group) is 1. The van der Waals surface area contributed by atoms with Gasteiger partial charge in [-0.15, -0.1) is 0 Å². The largest absolute Gasteiger partial charge is 0.492 e. The minimum Gasteiger partial charge on any atom is -0.492 e. The van der Waals surface area contributed by atoms with Crippen molar-refractivity contribution in [1.29, 1.82) is 0 Å². The average Bonchev–Trinajstić information content (AvgIpc) is 2.46. The van der Waals surface area contributed by atoms with Crippen LogP contribution in [0.2, 0.25) is 0 Å². The summed E-state index contributed by atoms with van der Waals surface area (Å²) in [5.41, 5.74) is 2.39. The first kappa shape index (κ1) is 15.8. The van der Waals surface area contributed by atoms with Gasteiger partial charge in [-0.1, -0.05) is 6.07 Å². The lowest BCUT2D eigenvalue weighted by atomic mass is 9.98. The second-order valence-electron chi connectivity index (χ2n) is 5.97. The van der Waals surface area contributed by atoms with Gasteiger partial charge in [0.15, 0.2) is 0 Å². The number of rotatable bonds is 5. The van der Waals surface area contributed by atoms with Crippen molar-refractivity contribution in [3.63, 3.8) is 0 Å². The molecular weight excluding hydrogens is 264 g/mol. The maximum absolute atomic E-state index is 12.3. The number of nitrogens with zero attached hydrogens (tertiary/aromatic N) is 1. The predicted octanol–water partition coefficient (Wildman–Crippen LogP) is 2.14. The molecule has 0 aromatic heterocycles. The molecule has 1 aromatic rings. The summed E-state index contributed by atoms with van der Waals surface area (Å²) in [5.74, 6) is 1.24. The van der Waals surface area contributed by atoms with Gasteiger partial charge < -0.3 is 15.0 Å². The smallest absolute Gasteiger partial charge is 0.226 e. The zero-order valence-electron chi connectivity index (χ0n) is 13.3. The van der Waals surface area contributed by atoms with Crippen LogP contribution in [0.1, 0.15) is 24.0 Å². The summed E-state index contributed by atoms with van der Waals surface area (Å²) in [4.78, 5) is 14.1. The van der Waals surface area contributed by atoms with Crippen LogP contribution in [-0.2, 0) is 4.79 Å². The van der Waals surface area contributed by atoms with Crippen molar-refractivity contribution in [2.75, 3.05) is 33.3 Å². The van der Waals surface area contributed by atoms with Crippen LogP contribution >= 0.6 is 0 Å². The van der Waals surface area contributed by atoms with E-state index in [-0.39, 0.29) is 11.8 Å². The molecule has 4 heteroatoms. The van der Waals surface area contributed by atoms with E-state index in [1.165, 1.54) is 11.1 Å². The molecule has 0 radical (unpaired) electrons. The van der Waals surface area contributed by atoms with Crippen LogP contribution in [0.15, 0.2) is 18.2 Å². The SMILES string of the molecule is Cc1cc(C)cc(OCCN(C)C(=O)[C@H]2CCCNC2)c1. The highest BCUT2D eigenvalue weighted by Crippen LogP contribution is 2.16. The van der Waals surface area contributed by atoms with Crippen molar-refractivity contribution in [3.8, 4) is 5.75 Å². The molecule has 1 saturated heterocycles. The minimum absolute atomic E-state index is 0.130. The normalized spacial score (nSPS) is 18.3. The third-order valence-electron chi connectivity index (χ3n) is 3.91. The van der Waals surface area contributed by atoms with Gasteiger partial charge in [-0.3, -0.25) is 4.79 Å². The van der Waals surface area contributed by atoms with E-state index >= 15 is 0 Å². The van der Waals surface area contributed by atoms with Crippen molar-refractivity contribution in [3.05, 3.63) is 29.3 Å². The summed E-state index contributed by atoms with van der Waals surface area (Å²) in [7, 11) is 1.86. The Morgan fingerprint density at radius 3 is 2.67 bits per heavy atom. The lowest BCUT2D eigenvalue weighted by molar-refractivity contribution is -0.135. The summed E-state index contributed by atoms with van der Waals surface area (Å²) < 4.78 is 5.77. The number of benzene rings is 1. The average molecular weight is 290 g/mol. The Morgan fingerprint density at radius 2 is 2.05 bits per heavy atom. The van der Waals surface area contributed by atoms with E-state index in [0.717, 1.165) is 31.7 Å². The molecule has 2 rings (SSSR count). The Kier molecular flexibility index (Phi) is 5.62. The number of aryl methyl sites for hydroxylation is 2. The van der Waals surface area contributed by atoms with Gasteiger partial charge in [0, 0.05) is 13.6 Å². The molecule has 0 spiro atoms. The van der Waals surface area contributed by atoms with Gasteiger partial charge in [0.2, 0.25) is 5.91 Å². The van der Waals surface area contributed by atoms with Crippen LogP contribution in [-0.4, -0.2) is 44.1 Å². The summed E-state index contributed by atoms with van der Waals surface area (Å²) in [5, 5.41) is 3.29. The summed E-state index contributed by atoms with van der Waals surface area (Å²) in [6.45, 7) is 7.12. The van der Waals surface area contributed by atoms with Crippen LogP contribution in [0.4, 0.5) is 0 Å². The van der Waals surface area contributed by atoms with Crippen molar-refractivity contribution < 1.29 is 9.53 Å². The molecule has 1 aliphatic rings. The molecule has 116 valence electrons. The summed E-state index contributed by atoms with van der Waals surface area (Å²) >= 11 is 0. The highest BCUT2D eigenvalue weighted by molar-refractivity contribution is 5.78. The highest BCUT2D eigenvalue weighted by Gasteiger charge is 2.23. The van der Waals surface area contributed by atoms with E-state index in [4.69, 9.17) is 4.74 Å². The first-order valence-electron chi connectivity index (χ1n) is 7.73. The number of carbonyl (C=O) groups is 1. The van der Waals surface area contributed by atoms with Gasteiger partial charge in [0.1, 0.15) is 12.4 Å². The second-order valence-corrected chi connectivity index (χ2v) is 5.97. The van der Waals surface area contributed by atoms with Gasteiger partial charge in [-0.05, 0) is 56.5 Å². The van der Waals surface area contributed by atoms with Gasteiger partial charge in [0.25, 0.3) is 0 Å². The quantitative estimate of drug-likeness (QED) is 0.903. The number of hydrogen-bond donors (Lipinski definition) is 1. The van der Waals surface area contributed by atoms with Crippen LogP contribution < -0.4 is 10.1 Å². The van der Waals surface area contributed by atoms with E-state index in [1.807, 2.05) is 19.2 Å². The fourth-order valence-electron chi connectivity index (χ4n) is 2.80. The maximum Gasteiger partial charge on any atom is 0.226 e. The fraction of sp³-hybridized carbons (Fsp3) is 0.588. The van der Waals surface area contributed by atoms with Crippen LogP contribution in [0.5, 0.6) is 5.75 Å². The van der Waals surface area contributed by atoms with Gasteiger partial charge >= 0.3 is 0 Å². The molecule has 1 heterocycles. The van der Waals surface area contributed by atoms with E-state index in [1.54, 1.807) is 4.90 Å². The number of amides is 1. The standard InChI is InChI=1S/C17H26N2O2/c1-13-9-14(2)11-16(10-13)21-8-7-19(3)17(20)15-5-4-6-18-12-15/h9-11,15,18H,4-8,12H2,1-3H3/t15-/m0/s1. The van der Waals surface area contributed by atoms with Crippen LogP contribution in [0.25, 0.3) is 0 Å². The number of hydrogen-bond acceptors (Lipinski definition) is 3. The Labute approximate surface area is 127 Å². The van der Waals surface area contributed by atoms with Crippen molar-refractivity contribution in [2.45, 2.75) is 26.7 Å². The second kappa shape index (κ2) is 7.46. The molecule has 0 aliphatic carbocycles. The number of carbonyl (C=O) groups excluding carboxylic acids is 1. The maximum atomic E-state index is 12.3. The molecule has 0 bridgehead atoms. The van der Waals surface area contributed by atoms with E-state index in [2.05, 4.69) is 25.2 Å². The van der Waals surface area contributed by atoms with Crippen molar-refractivity contribution in [2.24, 2.45) is 5.92 Å². The molecule has 1 atom stereocenters.